The highest BCUT2D eigenvalue weighted by molar-refractivity contribution is 6.42. The Kier molecular flexibility index (Phi) is 9.28. The fourth-order valence-corrected chi connectivity index (χ4v) is 7.69. The van der Waals surface area contributed by atoms with Gasteiger partial charge in [0.25, 0.3) is 5.91 Å². The summed E-state index contributed by atoms with van der Waals surface area (Å²) in [5, 5.41) is 4.10. The molecule has 1 unspecified atom stereocenters. The number of rotatable bonds is 9. The SMILES string of the molecule is COc1cc(C(=O)N2CCC(CCN3CCC4(CC3)C(=O)NCN4c3ccccc3)(c3ccc(Cl)c(Cl)c3)C2)cc(OC)c1OC. The molecule has 3 heterocycles. The summed E-state index contributed by atoms with van der Waals surface area (Å²) >= 11 is 12.9. The maximum atomic E-state index is 13.9. The van der Waals surface area contributed by atoms with E-state index >= 15 is 0 Å². The van der Waals surface area contributed by atoms with Gasteiger partial charge in [0.05, 0.1) is 38.0 Å². The molecule has 3 aromatic rings. The lowest BCUT2D eigenvalue weighted by molar-refractivity contribution is -0.125. The molecular formula is C35H40Cl2N4O5. The van der Waals surface area contributed by atoms with E-state index < -0.39 is 5.54 Å². The van der Waals surface area contributed by atoms with Crippen molar-refractivity contribution in [3.8, 4) is 17.2 Å². The minimum atomic E-state index is -0.531. The van der Waals surface area contributed by atoms with E-state index in [9.17, 15) is 9.59 Å². The van der Waals surface area contributed by atoms with Crippen LogP contribution >= 0.6 is 23.2 Å². The number of halogens is 2. The molecule has 0 saturated carbocycles. The van der Waals surface area contributed by atoms with Gasteiger partial charge in [0.2, 0.25) is 11.7 Å². The third-order valence-electron chi connectivity index (χ3n) is 10.1. The number of benzene rings is 3. The normalized spacial score (nSPS) is 21.0. The molecule has 3 aromatic carbocycles. The highest BCUT2D eigenvalue weighted by Crippen LogP contribution is 2.43. The van der Waals surface area contributed by atoms with Gasteiger partial charge in [0.15, 0.2) is 11.5 Å². The Hall–Kier alpha value is -3.66. The number of amides is 2. The fourth-order valence-electron chi connectivity index (χ4n) is 7.39. The quantitative estimate of drug-likeness (QED) is 0.317. The van der Waals surface area contributed by atoms with Crippen molar-refractivity contribution in [2.45, 2.75) is 36.6 Å². The molecular weight excluding hydrogens is 627 g/mol. The Bertz CT molecular complexity index is 1570. The Morgan fingerprint density at radius 2 is 1.57 bits per heavy atom. The minimum Gasteiger partial charge on any atom is -0.493 e. The number of anilines is 1. The molecule has 0 aliphatic carbocycles. The summed E-state index contributed by atoms with van der Waals surface area (Å²) in [6, 6.07) is 19.4. The maximum Gasteiger partial charge on any atom is 0.254 e. The number of methoxy groups -OCH3 is 3. The van der Waals surface area contributed by atoms with Gasteiger partial charge in [0.1, 0.15) is 5.54 Å². The monoisotopic (exact) mass is 666 g/mol. The summed E-state index contributed by atoms with van der Waals surface area (Å²) in [5.74, 6) is 1.32. The number of carbonyl (C=O) groups excluding carboxylic acids is 2. The topological polar surface area (TPSA) is 83.6 Å². The Morgan fingerprint density at radius 1 is 0.870 bits per heavy atom. The molecule has 0 radical (unpaired) electrons. The number of nitrogens with zero attached hydrogens (tertiary/aromatic N) is 3. The minimum absolute atomic E-state index is 0.102. The number of hydrogen-bond donors (Lipinski definition) is 1. The lowest BCUT2D eigenvalue weighted by Gasteiger charge is -2.44. The number of para-hydroxylation sites is 1. The van der Waals surface area contributed by atoms with Gasteiger partial charge >= 0.3 is 0 Å². The Labute approximate surface area is 280 Å². The Balaban J connectivity index is 1.20. The maximum absolute atomic E-state index is 13.9. The molecule has 3 aliphatic rings. The van der Waals surface area contributed by atoms with Gasteiger partial charge in [-0.3, -0.25) is 9.59 Å². The van der Waals surface area contributed by atoms with E-state index in [-0.39, 0.29) is 17.2 Å². The van der Waals surface area contributed by atoms with Crippen molar-refractivity contribution in [1.29, 1.82) is 0 Å². The molecule has 1 atom stereocenters. The molecule has 6 rings (SSSR count). The van der Waals surface area contributed by atoms with Crippen LogP contribution in [-0.4, -0.2) is 87.9 Å². The molecule has 46 heavy (non-hydrogen) atoms. The second-order valence-electron chi connectivity index (χ2n) is 12.4. The first-order valence-corrected chi connectivity index (χ1v) is 16.4. The zero-order valence-corrected chi connectivity index (χ0v) is 28.0. The number of carbonyl (C=O) groups is 2. The fraction of sp³-hybridized carbons (Fsp3) is 0.429. The van der Waals surface area contributed by atoms with E-state index in [1.165, 1.54) is 21.3 Å². The smallest absolute Gasteiger partial charge is 0.254 e. The van der Waals surface area contributed by atoms with Crippen molar-refractivity contribution in [1.82, 2.24) is 15.1 Å². The number of ether oxygens (including phenoxy) is 3. The van der Waals surface area contributed by atoms with Crippen molar-refractivity contribution in [3.63, 3.8) is 0 Å². The zero-order valence-electron chi connectivity index (χ0n) is 26.5. The van der Waals surface area contributed by atoms with E-state index in [1.54, 1.807) is 12.1 Å². The second-order valence-corrected chi connectivity index (χ2v) is 13.2. The number of likely N-dealkylation sites (tertiary alicyclic amines) is 2. The lowest BCUT2D eigenvalue weighted by Crippen LogP contribution is -2.56. The van der Waals surface area contributed by atoms with Gasteiger partial charge in [-0.2, -0.15) is 0 Å². The van der Waals surface area contributed by atoms with E-state index in [0.717, 1.165) is 56.6 Å². The number of nitrogens with one attached hydrogen (secondary N) is 1. The van der Waals surface area contributed by atoms with E-state index in [1.807, 2.05) is 41.3 Å². The van der Waals surface area contributed by atoms with E-state index in [0.29, 0.717) is 52.6 Å². The molecule has 3 fully saturated rings. The van der Waals surface area contributed by atoms with Crippen LogP contribution in [0.1, 0.15) is 41.6 Å². The van der Waals surface area contributed by atoms with E-state index in [4.69, 9.17) is 37.4 Å². The standard InChI is InChI=1S/C35H40Cl2N4O5/c1-44-29-19-24(20-30(45-2)31(29)46-3)32(42)40-18-12-34(22-40,25-9-10-27(36)28(37)21-25)11-15-39-16-13-35(14-17-39)33(43)38-23-41(35)26-7-5-4-6-8-26/h4-10,19-21H,11-18,22-23H2,1-3H3,(H,38,43). The third-order valence-corrected chi connectivity index (χ3v) is 10.8. The summed E-state index contributed by atoms with van der Waals surface area (Å²) in [7, 11) is 4.62. The first-order valence-electron chi connectivity index (χ1n) is 15.6. The molecule has 11 heteroatoms. The summed E-state index contributed by atoms with van der Waals surface area (Å²) in [6.45, 7) is 4.09. The van der Waals surface area contributed by atoms with Crippen LogP contribution in [0.25, 0.3) is 0 Å². The summed E-state index contributed by atoms with van der Waals surface area (Å²) in [5.41, 5.74) is 1.76. The van der Waals surface area contributed by atoms with E-state index in [2.05, 4.69) is 27.2 Å². The molecule has 3 aliphatic heterocycles. The summed E-state index contributed by atoms with van der Waals surface area (Å²) in [4.78, 5) is 33.7. The average molecular weight is 668 g/mol. The first-order chi connectivity index (χ1) is 22.2. The Morgan fingerprint density at radius 3 is 2.20 bits per heavy atom. The van der Waals surface area contributed by atoms with Crippen molar-refractivity contribution < 1.29 is 23.8 Å². The number of piperidine rings is 1. The highest BCUT2D eigenvalue weighted by Gasteiger charge is 2.50. The molecule has 2 amide bonds. The summed E-state index contributed by atoms with van der Waals surface area (Å²) in [6.07, 6.45) is 3.10. The highest BCUT2D eigenvalue weighted by atomic mass is 35.5. The molecule has 1 spiro atoms. The molecule has 1 N–H and O–H groups in total. The predicted molar refractivity (Wildman–Crippen MR) is 180 cm³/mol. The molecule has 0 aromatic heterocycles. The summed E-state index contributed by atoms with van der Waals surface area (Å²) < 4.78 is 16.5. The first kappa shape index (κ1) is 32.3. The molecule has 244 valence electrons. The molecule has 0 bridgehead atoms. The van der Waals surface area contributed by atoms with Crippen LogP contribution in [0.4, 0.5) is 5.69 Å². The van der Waals surface area contributed by atoms with Gasteiger partial charge in [-0.25, -0.2) is 0 Å². The third kappa shape index (κ3) is 5.85. The van der Waals surface area contributed by atoms with Gasteiger partial charge in [-0.1, -0.05) is 47.5 Å². The average Bonchev–Trinajstić information content (AvgIpc) is 3.67. The lowest BCUT2D eigenvalue weighted by atomic mass is 9.76. The van der Waals surface area contributed by atoms with Crippen molar-refractivity contribution >= 4 is 40.7 Å². The van der Waals surface area contributed by atoms with Crippen LogP contribution in [-0.2, 0) is 10.2 Å². The van der Waals surface area contributed by atoms with Crippen molar-refractivity contribution in [2.75, 3.05) is 65.6 Å². The van der Waals surface area contributed by atoms with Crippen LogP contribution in [0.5, 0.6) is 17.2 Å². The zero-order chi connectivity index (χ0) is 32.5. The second kappa shape index (κ2) is 13.2. The van der Waals surface area contributed by atoms with Crippen LogP contribution < -0.4 is 24.4 Å². The van der Waals surface area contributed by atoms with Crippen LogP contribution in [0.15, 0.2) is 60.7 Å². The predicted octanol–water partition coefficient (Wildman–Crippen LogP) is 5.62. The van der Waals surface area contributed by atoms with Gasteiger partial charge in [0, 0.05) is 42.8 Å². The largest absolute Gasteiger partial charge is 0.493 e. The van der Waals surface area contributed by atoms with Crippen LogP contribution in [0, 0.1) is 0 Å². The van der Waals surface area contributed by atoms with Crippen molar-refractivity contribution in [2.24, 2.45) is 0 Å². The number of hydrogen-bond acceptors (Lipinski definition) is 7. The molecule has 3 saturated heterocycles. The molecule has 9 nitrogen and oxygen atoms in total. The van der Waals surface area contributed by atoms with Crippen molar-refractivity contribution in [3.05, 3.63) is 81.8 Å². The van der Waals surface area contributed by atoms with Crippen LogP contribution in [0.2, 0.25) is 10.0 Å². The van der Waals surface area contributed by atoms with Crippen LogP contribution in [0.3, 0.4) is 0 Å². The van der Waals surface area contributed by atoms with Gasteiger partial charge in [-0.15, -0.1) is 0 Å². The van der Waals surface area contributed by atoms with Gasteiger partial charge in [-0.05, 0) is 74.2 Å². The van der Waals surface area contributed by atoms with Gasteiger partial charge < -0.3 is 34.2 Å².